The van der Waals surface area contributed by atoms with Crippen molar-refractivity contribution >= 4 is 5.97 Å². The van der Waals surface area contributed by atoms with E-state index in [4.69, 9.17) is 47.4 Å². The van der Waals surface area contributed by atoms with Crippen LogP contribution < -0.4 is 0 Å². The molecular weight excluding hydrogens is 841 g/mol. The van der Waals surface area contributed by atoms with Crippen molar-refractivity contribution in [2.45, 2.75) is 211 Å². The first kappa shape index (κ1) is 52.3. The van der Waals surface area contributed by atoms with Crippen LogP contribution in [-0.2, 0) is 52.2 Å². The Morgan fingerprint density at radius 2 is 1.69 bits per heavy atom. The van der Waals surface area contributed by atoms with E-state index in [1.807, 2.05) is 32.9 Å². The lowest BCUT2D eigenvalue weighted by molar-refractivity contribution is -0.340. The predicted molar refractivity (Wildman–Crippen MR) is 240 cm³/mol. The van der Waals surface area contributed by atoms with E-state index in [0.717, 1.165) is 24.8 Å². The molecule has 1 spiro atoms. The number of hydrogen-bond acceptors (Lipinski definition) is 15. The first-order valence-electron chi connectivity index (χ1n) is 24.2. The van der Waals surface area contributed by atoms with Crippen LogP contribution in [0.15, 0.2) is 47.1 Å². The summed E-state index contributed by atoms with van der Waals surface area (Å²) in [6.07, 6.45) is 6.41. The van der Waals surface area contributed by atoms with Crippen molar-refractivity contribution in [3.05, 3.63) is 47.1 Å². The topological polar surface area (TPSA) is 190 Å². The van der Waals surface area contributed by atoms with Crippen LogP contribution in [0.3, 0.4) is 0 Å². The summed E-state index contributed by atoms with van der Waals surface area (Å²) in [6.45, 7) is 18.0. The van der Waals surface area contributed by atoms with Gasteiger partial charge in [-0.15, -0.1) is 0 Å². The van der Waals surface area contributed by atoms with Crippen LogP contribution in [0.2, 0.25) is 0 Å². The molecule has 0 radical (unpaired) electrons. The summed E-state index contributed by atoms with van der Waals surface area (Å²) in [4.78, 5) is 13.2. The average Bonchev–Trinajstić information content (AvgIpc) is 3.61. The van der Waals surface area contributed by atoms with Gasteiger partial charge in [-0.1, -0.05) is 64.5 Å². The molecule has 370 valence electrons. The molecule has 1 aliphatic carbocycles. The Morgan fingerprint density at radius 3 is 2.38 bits per heavy atom. The summed E-state index contributed by atoms with van der Waals surface area (Å²) in [6, 6.07) is 0. The second-order valence-electron chi connectivity index (χ2n) is 19.7. The summed E-state index contributed by atoms with van der Waals surface area (Å²) in [5.74, 6) is -1.92. The van der Waals surface area contributed by atoms with Crippen LogP contribution in [0, 0.1) is 23.7 Å². The molecule has 1 unspecified atom stereocenters. The van der Waals surface area contributed by atoms with Gasteiger partial charge in [-0.3, -0.25) is 4.79 Å². The van der Waals surface area contributed by atoms with Gasteiger partial charge in [-0.25, -0.2) is 0 Å². The van der Waals surface area contributed by atoms with Gasteiger partial charge in [0.2, 0.25) is 0 Å². The Bertz CT molecular complexity index is 1700. The monoisotopic (exact) mass is 921 g/mol. The van der Waals surface area contributed by atoms with Crippen LogP contribution in [0.25, 0.3) is 0 Å². The Balaban J connectivity index is 1.22. The molecule has 0 aromatic heterocycles. The van der Waals surface area contributed by atoms with Gasteiger partial charge in [0.05, 0.1) is 62.0 Å². The van der Waals surface area contributed by atoms with Crippen molar-refractivity contribution in [3.63, 3.8) is 0 Å². The molecule has 20 atom stereocenters. The minimum absolute atomic E-state index is 0.0231. The lowest BCUT2D eigenvalue weighted by Crippen LogP contribution is -2.57. The molecule has 0 aromatic rings. The van der Waals surface area contributed by atoms with E-state index in [1.165, 1.54) is 0 Å². The van der Waals surface area contributed by atoms with E-state index >= 15 is 0 Å². The number of fused-ring (bicyclic) bond motifs is 1. The molecule has 15 heteroatoms. The zero-order valence-electron chi connectivity index (χ0n) is 40.6. The van der Waals surface area contributed by atoms with Crippen molar-refractivity contribution < 1.29 is 72.6 Å². The van der Waals surface area contributed by atoms with E-state index in [2.05, 4.69) is 26.8 Å². The fraction of sp³-hybridized carbons (Fsp3) is 0.820. The Hall–Kier alpha value is -2.09. The Labute approximate surface area is 386 Å². The van der Waals surface area contributed by atoms with E-state index in [0.29, 0.717) is 55.1 Å². The maximum absolute atomic E-state index is 13.2. The lowest BCUT2D eigenvalue weighted by Gasteiger charge is -2.50. The number of aliphatic hydroxyl groups excluding tert-OH is 3. The van der Waals surface area contributed by atoms with Gasteiger partial charge in [0.15, 0.2) is 18.4 Å². The summed E-state index contributed by atoms with van der Waals surface area (Å²) in [5.41, 5.74) is 0.122. The van der Waals surface area contributed by atoms with Crippen LogP contribution in [0.4, 0.5) is 0 Å². The van der Waals surface area contributed by atoms with E-state index in [9.17, 15) is 25.2 Å². The van der Waals surface area contributed by atoms with E-state index in [1.54, 1.807) is 47.1 Å². The van der Waals surface area contributed by atoms with Crippen molar-refractivity contribution in [2.75, 3.05) is 27.4 Å². The SMILES string of the molecule is CCOC(=O)[C@@H]1C=C(C)[C@@H](O)[C@H]2OC/C(=C\C=C\[C@H](C)[C@H](O[C@H]3C[C@H](OC)[C@@H](O[C@H]4C[C@H](OC)[C@@H](O)[C@H](C)O4)[C@H](C)O3)/C(C)=C/C[C@@H]3C[C@H](O)C[C@@]4(CC[C@H](C)[C@@H](C(C)CC)O4)O3)[C@]21O. The molecule has 5 heterocycles. The molecule has 5 saturated heterocycles. The quantitative estimate of drug-likeness (QED) is 0.111. The third-order valence-electron chi connectivity index (χ3n) is 15.0. The zero-order chi connectivity index (χ0) is 47.4. The smallest absolute Gasteiger partial charge is 0.316 e. The summed E-state index contributed by atoms with van der Waals surface area (Å²) < 4.78 is 62.3. The number of hydrogen-bond donors (Lipinski definition) is 4. The summed E-state index contributed by atoms with van der Waals surface area (Å²) >= 11 is 0. The van der Waals surface area contributed by atoms with Crippen molar-refractivity contribution in [1.29, 1.82) is 0 Å². The normalized spacial score (nSPS) is 43.6. The van der Waals surface area contributed by atoms with Gasteiger partial charge < -0.3 is 67.8 Å². The fourth-order valence-electron chi connectivity index (χ4n) is 10.9. The fourth-order valence-corrected chi connectivity index (χ4v) is 10.9. The molecule has 6 aliphatic rings. The number of ether oxygens (including phenoxy) is 10. The first-order chi connectivity index (χ1) is 30.9. The standard InChI is InChI=1S/C50H80O15/c1-12-27(3)45-30(6)19-20-49(65-45)25-35(51)22-36(64-49)18-17-29(5)44(62-41-24-39(57-11)46(33(9)61-41)63-40-23-38(56-10)43(53)32(8)60-40)28(4)15-14-16-34-26-59-47-42(52)31(7)21-37(50(34,47)55)48(54)58-13-2/h14-17,21,27-28,30,32-33,35-47,51-53,55H,12-13,18-20,22-26H2,1-11H3/b15-14+,29-17+,34-16+/t27?,28-,30-,32-,33-,35-,36+,37-,38-,39-,40-,41-,42+,43-,44-,45+,46-,47+,49-,50+/m0/s1. The maximum atomic E-state index is 13.2. The van der Waals surface area contributed by atoms with Gasteiger partial charge >= 0.3 is 5.97 Å². The predicted octanol–water partition coefficient (Wildman–Crippen LogP) is 5.60. The van der Waals surface area contributed by atoms with Crippen molar-refractivity contribution in [3.8, 4) is 0 Å². The summed E-state index contributed by atoms with van der Waals surface area (Å²) in [5, 5.41) is 44.9. The van der Waals surface area contributed by atoms with Gasteiger partial charge in [0.25, 0.3) is 0 Å². The second kappa shape index (κ2) is 22.6. The van der Waals surface area contributed by atoms with E-state index in [-0.39, 0.29) is 31.3 Å². The molecule has 5 fully saturated rings. The molecule has 0 aromatic carbocycles. The molecule has 4 N–H and O–H groups in total. The van der Waals surface area contributed by atoms with Crippen LogP contribution in [0.1, 0.15) is 114 Å². The Kier molecular flexibility index (Phi) is 18.1. The van der Waals surface area contributed by atoms with Gasteiger partial charge in [-0.2, -0.15) is 0 Å². The highest BCUT2D eigenvalue weighted by molar-refractivity contribution is 5.78. The van der Waals surface area contributed by atoms with Crippen LogP contribution in [-0.4, -0.2) is 151 Å². The third kappa shape index (κ3) is 11.7. The van der Waals surface area contributed by atoms with Gasteiger partial charge in [0, 0.05) is 52.2 Å². The zero-order valence-corrected chi connectivity index (χ0v) is 40.6. The molecule has 0 amide bonds. The highest BCUT2D eigenvalue weighted by Gasteiger charge is 2.59. The number of aliphatic hydroxyl groups is 4. The molecule has 0 saturated carbocycles. The average molecular weight is 921 g/mol. The number of methoxy groups -OCH3 is 2. The molecule has 65 heavy (non-hydrogen) atoms. The summed E-state index contributed by atoms with van der Waals surface area (Å²) in [7, 11) is 3.20. The van der Waals surface area contributed by atoms with Crippen molar-refractivity contribution in [1.82, 2.24) is 0 Å². The lowest BCUT2D eigenvalue weighted by atomic mass is 9.71. The van der Waals surface area contributed by atoms with Gasteiger partial charge in [0.1, 0.15) is 35.9 Å². The minimum Gasteiger partial charge on any atom is -0.465 e. The highest BCUT2D eigenvalue weighted by atomic mass is 16.7. The number of carbonyl (C=O) groups is 1. The van der Waals surface area contributed by atoms with Crippen molar-refractivity contribution in [2.24, 2.45) is 23.7 Å². The molecule has 15 nitrogen and oxygen atoms in total. The Morgan fingerprint density at radius 1 is 0.985 bits per heavy atom. The minimum atomic E-state index is -1.80. The number of esters is 1. The first-order valence-corrected chi connectivity index (χ1v) is 24.2. The van der Waals surface area contributed by atoms with Crippen LogP contribution in [0.5, 0.6) is 0 Å². The largest absolute Gasteiger partial charge is 0.465 e. The maximum Gasteiger partial charge on any atom is 0.316 e. The number of rotatable bonds is 16. The molecule has 0 bridgehead atoms. The highest BCUT2D eigenvalue weighted by Crippen LogP contribution is 2.46. The molecule has 5 aliphatic heterocycles. The second-order valence-corrected chi connectivity index (χ2v) is 19.7. The van der Waals surface area contributed by atoms with E-state index < -0.39 is 96.9 Å². The van der Waals surface area contributed by atoms with Gasteiger partial charge in [-0.05, 0) is 76.0 Å². The number of allylic oxidation sites excluding steroid dienone is 2. The molecule has 6 rings (SSSR count). The number of carbonyl (C=O) groups excluding carboxylic acids is 1. The van der Waals surface area contributed by atoms with Crippen LogP contribution >= 0.6 is 0 Å². The third-order valence-corrected chi connectivity index (χ3v) is 15.0. The molecular formula is C50H80O15.